The van der Waals surface area contributed by atoms with Crippen molar-refractivity contribution in [3.05, 3.63) is 0 Å². The molecule has 0 radical (unpaired) electrons. The Bertz CT molecular complexity index is 400. The SMILES string of the molecule is O=C(O)CCCC#CCC1(Cl)C(=O)CCCC1=O. The van der Waals surface area contributed by atoms with E-state index in [1.165, 1.54) is 0 Å². The summed E-state index contributed by atoms with van der Waals surface area (Å²) < 4.78 is 0. The van der Waals surface area contributed by atoms with E-state index in [0.717, 1.165) is 0 Å². The molecule has 1 N–H and O–H groups in total. The number of carbonyl (C=O) groups excluding carboxylic acids is 2. The topological polar surface area (TPSA) is 71.4 Å². The Morgan fingerprint density at radius 2 is 1.89 bits per heavy atom. The van der Waals surface area contributed by atoms with Crippen LogP contribution in [-0.2, 0) is 14.4 Å². The summed E-state index contributed by atoms with van der Waals surface area (Å²) in [5.74, 6) is 4.11. The number of hydrogen-bond donors (Lipinski definition) is 1. The fourth-order valence-electron chi connectivity index (χ4n) is 1.76. The summed E-state index contributed by atoms with van der Waals surface area (Å²) in [7, 11) is 0. The number of carboxylic acid groups (broad SMARTS) is 1. The van der Waals surface area contributed by atoms with Crippen molar-refractivity contribution in [2.45, 2.75) is 49.8 Å². The summed E-state index contributed by atoms with van der Waals surface area (Å²) >= 11 is 6.04. The molecule has 0 aromatic rings. The van der Waals surface area contributed by atoms with Crippen molar-refractivity contribution in [1.82, 2.24) is 0 Å². The second-order valence-electron chi connectivity index (χ2n) is 4.28. The zero-order chi connectivity index (χ0) is 13.6. The average molecular weight is 271 g/mol. The van der Waals surface area contributed by atoms with Crippen LogP contribution in [0.15, 0.2) is 0 Å². The lowest BCUT2D eigenvalue weighted by atomic mass is 9.84. The third-order valence-corrected chi connectivity index (χ3v) is 3.40. The molecule has 5 heteroatoms. The second kappa shape index (κ2) is 6.55. The number of Topliss-reactive ketones (excluding diaryl/α,β-unsaturated/α-hetero) is 2. The number of unbranched alkanes of at least 4 members (excludes halogenated alkanes) is 1. The van der Waals surface area contributed by atoms with E-state index >= 15 is 0 Å². The van der Waals surface area contributed by atoms with Gasteiger partial charge in [0.2, 0.25) is 0 Å². The Balaban J connectivity index is 2.45. The zero-order valence-electron chi connectivity index (χ0n) is 10.00. The van der Waals surface area contributed by atoms with E-state index in [0.29, 0.717) is 32.1 Å². The van der Waals surface area contributed by atoms with Crippen LogP contribution < -0.4 is 0 Å². The normalized spacial score (nSPS) is 18.1. The monoisotopic (exact) mass is 270 g/mol. The summed E-state index contributed by atoms with van der Waals surface area (Å²) in [6.07, 6.45) is 2.21. The van der Waals surface area contributed by atoms with Crippen LogP contribution in [0.4, 0.5) is 0 Å². The van der Waals surface area contributed by atoms with Gasteiger partial charge in [0.25, 0.3) is 0 Å². The van der Waals surface area contributed by atoms with Gasteiger partial charge >= 0.3 is 5.97 Å². The van der Waals surface area contributed by atoms with Crippen LogP contribution in [0.1, 0.15) is 44.9 Å². The molecule has 98 valence electrons. The fraction of sp³-hybridized carbons (Fsp3) is 0.615. The molecule has 0 aromatic heterocycles. The molecular weight excluding hydrogens is 256 g/mol. The molecule has 18 heavy (non-hydrogen) atoms. The largest absolute Gasteiger partial charge is 0.481 e. The van der Waals surface area contributed by atoms with Gasteiger partial charge in [0.15, 0.2) is 16.4 Å². The van der Waals surface area contributed by atoms with Gasteiger partial charge in [0.1, 0.15) is 0 Å². The van der Waals surface area contributed by atoms with Crippen molar-refractivity contribution in [1.29, 1.82) is 0 Å². The molecule has 0 aliphatic heterocycles. The number of carbonyl (C=O) groups is 3. The number of carboxylic acids is 1. The molecule has 0 bridgehead atoms. The minimum atomic E-state index is -1.46. The first-order valence-corrected chi connectivity index (χ1v) is 6.27. The van der Waals surface area contributed by atoms with Gasteiger partial charge < -0.3 is 5.11 Å². The van der Waals surface area contributed by atoms with E-state index < -0.39 is 10.8 Å². The number of halogens is 1. The van der Waals surface area contributed by atoms with E-state index in [1.807, 2.05) is 0 Å². The third-order valence-electron chi connectivity index (χ3n) is 2.84. The van der Waals surface area contributed by atoms with Gasteiger partial charge in [-0.15, -0.1) is 23.4 Å². The lowest BCUT2D eigenvalue weighted by Gasteiger charge is -2.25. The fourth-order valence-corrected chi connectivity index (χ4v) is 2.01. The minimum Gasteiger partial charge on any atom is -0.481 e. The molecule has 0 aromatic carbocycles. The first-order valence-electron chi connectivity index (χ1n) is 5.90. The van der Waals surface area contributed by atoms with Gasteiger partial charge in [-0.2, -0.15) is 0 Å². The molecule has 0 spiro atoms. The predicted molar refractivity (Wildman–Crippen MR) is 66.3 cm³/mol. The summed E-state index contributed by atoms with van der Waals surface area (Å²) in [6.45, 7) is 0. The van der Waals surface area contributed by atoms with E-state index in [1.54, 1.807) is 0 Å². The Hall–Kier alpha value is -1.34. The van der Waals surface area contributed by atoms with Crippen LogP contribution in [-0.4, -0.2) is 27.5 Å². The molecule has 0 amide bonds. The Kier molecular flexibility index (Phi) is 5.36. The summed E-state index contributed by atoms with van der Waals surface area (Å²) in [6, 6.07) is 0. The molecule has 1 saturated carbocycles. The van der Waals surface area contributed by atoms with E-state index in [9.17, 15) is 14.4 Å². The molecular formula is C13H15ClO4. The zero-order valence-corrected chi connectivity index (χ0v) is 10.8. The standard InChI is InChI=1S/C13H15ClO4/c14-13(10(15)6-5-7-11(13)16)9-4-2-1-3-8-12(17)18/h1,3,5-9H2,(H,17,18). The van der Waals surface area contributed by atoms with Crippen molar-refractivity contribution in [2.24, 2.45) is 0 Å². The Labute approximate surface area is 111 Å². The smallest absolute Gasteiger partial charge is 0.303 e. The highest BCUT2D eigenvalue weighted by Gasteiger charge is 2.44. The second-order valence-corrected chi connectivity index (χ2v) is 4.92. The van der Waals surface area contributed by atoms with Gasteiger partial charge in [-0.3, -0.25) is 14.4 Å². The molecule has 1 aliphatic rings. The van der Waals surface area contributed by atoms with Crippen LogP contribution in [0.3, 0.4) is 0 Å². The van der Waals surface area contributed by atoms with Crippen LogP contribution >= 0.6 is 11.6 Å². The number of rotatable bonds is 4. The maximum Gasteiger partial charge on any atom is 0.303 e. The maximum atomic E-state index is 11.6. The van der Waals surface area contributed by atoms with Crippen LogP contribution in [0.25, 0.3) is 0 Å². The first-order chi connectivity index (χ1) is 8.47. The van der Waals surface area contributed by atoms with Gasteiger partial charge in [-0.05, 0) is 12.8 Å². The third kappa shape index (κ3) is 3.85. The molecule has 0 atom stereocenters. The van der Waals surface area contributed by atoms with E-state index in [2.05, 4.69) is 11.8 Å². The van der Waals surface area contributed by atoms with E-state index in [4.69, 9.17) is 16.7 Å². The number of aliphatic carboxylic acids is 1. The summed E-state index contributed by atoms with van der Waals surface area (Å²) in [5.41, 5.74) is 0. The molecule has 4 nitrogen and oxygen atoms in total. The lowest BCUT2D eigenvalue weighted by molar-refractivity contribution is -0.137. The molecule has 0 heterocycles. The summed E-state index contributed by atoms with van der Waals surface area (Å²) in [5, 5.41) is 8.43. The Morgan fingerprint density at radius 1 is 1.28 bits per heavy atom. The van der Waals surface area contributed by atoms with Crippen LogP contribution in [0.5, 0.6) is 0 Å². The maximum absolute atomic E-state index is 11.6. The quantitative estimate of drug-likeness (QED) is 0.367. The van der Waals surface area contributed by atoms with Crippen LogP contribution in [0, 0.1) is 11.8 Å². The number of hydrogen-bond acceptors (Lipinski definition) is 3. The average Bonchev–Trinajstić information content (AvgIpc) is 2.30. The lowest BCUT2D eigenvalue weighted by Crippen LogP contribution is -2.43. The molecule has 1 aliphatic carbocycles. The highest BCUT2D eigenvalue weighted by atomic mass is 35.5. The molecule has 0 saturated heterocycles. The minimum absolute atomic E-state index is 0.0271. The van der Waals surface area contributed by atoms with E-state index in [-0.39, 0.29) is 24.4 Å². The molecule has 1 rings (SSSR count). The van der Waals surface area contributed by atoms with Gasteiger partial charge in [-0.25, -0.2) is 0 Å². The van der Waals surface area contributed by atoms with Gasteiger partial charge in [-0.1, -0.05) is 0 Å². The molecule has 1 fully saturated rings. The first kappa shape index (κ1) is 14.7. The summed E-state index contributed by atoms with van der Waals surface area (Å²) in [4.78, 5) is 32.1. The van der Waals surface area contributed by atoms with Gasteiger partial charge in [0, 0.05) is 32.1 Å². The Morgan fingerprint density at radius 3 is 2.44 bits per heavy atom. The molecule has 0 unspecified atom stereocenters. The van der Waals surface area contributed by atoms with Crippen molar-refractivity contribution in [3.8, 4) is 11.8 Å². The van der Waals surface area contributed by atoms with Crippen molar-refractivity contribution < 1.29 is 19.5 Å². The number of alkyl halides is 1. The van der Waals surface area contributed by atoms with Crippen LogP contribution in [0.2, 0.25) is 0 Å². The number of ketones is 2. The highest BCUT2D eigenvalue weighted by molar-refractivity contribution is 6.47. The van der Waals surface area contributed by atoms with Crippen molar-refractivity contribution in [3.63, 3.8) is 0 Å². The highest BCUT2D eigenvalue weighted by Crippen LogP contribution is 2.30. The van der Waals surface area contributed by atoms with Crippen molar-refractivity contribution in [2.75, 3.05) is 0 Å². The van der Waals surface area contributed by atoms with Crippen molar-refractivity contribution >= 4 is 29.1 Å². The predicted octanol–water partition coefficient (Wildman–Crippen LogP) is 1.93. The van der Waals surface area contributed by atoms with Gasteiger partial charge in [0.05, 0.1) is 0 Å².